The summed E-state index contributed by atoms with van der Waals surface area (Å²) in [5.41, 5.74) is 0. The molecule has 78 valence electrons. The molecule has 0 aliphatic carbocycles. The van der Waals surface area contributed by atoms with Gasteiger partial charge < -0.3 is 5.11 Å². The molecule has 0 unspecified atom stereocenters. The van der Waals surface area contributed by atoms with Gasteiger partial charge in [-0.15, -0.1) is 22.7 Å². The molecule has 2 rings (SSSR count). The van der Waals surface area contributed by atoms with Gasteiger partial charge in [0.2, 0.25) is 0 Å². The first-order valence-corrected chi connectivity index (χ1v) is 6.10. The maximum Gasteiger partial charge on any atom is 0.127 e. The third kappa shape index (κ3) is 2.53. The Balaban J connectivity index is 2.25. The number of hydrogen-bond acceptors (Lipinski definition) is 3. The number of aliphatic hydroxyl groups is 1. The van der Waals surface area contributed by atoms with Gasteiger partial charge in [0, 0.05) is 14.6 Å². The molecule has 0 bridgehead atoms. The van der Waals surface area contributed by atoms with Crippen LogP contribution in [0.4, 0.5) is 4.39 Å². The normalized spacial score (nSPS) is 12.0. The first kappa shape index (κ1) is 10.5. The maximum absolute atomic E-state index is 12.8. The molecule has 0 atom stereocenters. The fourth-order valence-corrected chi connectivity index (χ4v) is 2.98. The molecule has 0 aliphatic rings. The van der Waals surface area contributed by atoms with Crippen LogP contribution in [0.2, 0.25) is 0 Å². The minimum Gasteiger partial charge on any atom is -0.389 e. The van der Waals surface area contributed by atoms with Crippen LogP contribution in [-0.4, -0.2) is 11.7 Å². The summed E-state index contributed by atoms with van der Waals surface area (Å²) in [6.45, 7) is -0.535. The van der Waals surface area contributed by atoms with E-state index in [2.05, 4.69) is 0 Å². The Hall–Kier alpha value is -0.970. The lowest BCUT2D eigenvalue weighted by molar-refractivity contribution is 0.300. The summed E-state index contributed by atoms with van der Waals surface area (Å²) in [5.74, 6) is -0.505. The SMILES string of the molecule is OC/C(F)=C/c1ccc(-c2cccs2)s1. The summed E-state index contributed by atoms with van der Waals surface area (Å²) in [7, 11) is 0. The molecule has 0 radical (unpaired) electrons. The van der Waals surface area contributed by atoms with Gasteiger partial charge in [0.05, 0.1) is 6.61 Å². The van der Waals surface area contributed by atoms with Crippen molar-refractivity contribution < 1.29 is 9.50 Å². The molecule has 2 aromatic heterocycles. The molecule has 2 aromatic rings. The average molecular weight is 240 g/mol. The van der Waals surface area contributed by atoms with Gasteiger partial charge in [0.1, 0.15) is 5.83 Å². The van der Waals surface area contributed by atoms with E-state index in [0.29, 0.717) is 0 Å². The fraction of sp³-hybridized carbons (Fsp3) is 0.0909. The molecular weight excluding hydrogens is 231 g/mol. The lowest BCUT2D eigenvalue weighted by Crippen LogP contribution is -1.79. The van der Waals surface area contributed by atoms with Crippen molar-refractivity contribution in [2.75, 3.05) is 6.61 Å². The summed E-state index contributed by atoms with van der Waals surface area (Å²) in [5, 5.41) is 10.6. The van der Waals surface area contributed by atoms with Crippen molar-refractivity contribution in [1.82, 2.24) is 0 Å². The van der Waals surface area contributed by atoms with Crippen LogP contribution in [-0.2, 0) is 0 Å². The van der Waals surface area contributed by atoms with Crippen molar-refractivity contribution in [1.29, 1.82) is 0 Å². The van der Waals surface area contributed by atoms with Crippen molar-refractivity contribution in [2.24, 2.45) is 0 Å². The molecule has 0 fully saturated rings. The zero-order valence-corrected chi connectivity index (χ0v) is 9.45. The molecular formula is C11H9FOS2. The molecule has 1 nitrogen and oxygen atoms in total. The lowest BCUT2D eigenvalue weighted by atomic mass is 10.3. The minimum atomic E-state index is -0.535. The molecule has 2 heterocycles. The van der Waals surface area contributed by atoms with Gasteiger partial charge in [-0.1, -0.05) is 6.07 Å². The van der Waals surface area contributed by atoms with Crippen molar-refractivity contribution >= 4 is 28.7 Å². The molecule has 0 amide bonds. The Morgan fingerprint density at radius 3 is 2.87 bits per heavy atom. The van der Waals surface area contributed by atoms with Gasteiger partial charge in [0.15, 0.2) is 0 Å². The van der Waals surface area contributed by atoms with Crippen LogP contribution >= 0.6 is 22.7 Å². The Kier molecular flexibility index (Phi) is 3.30. The van der Waals surface area contributed by atoms with Crippen LogP contribution in [0.1, 0.15) is 4.88 Å². The van der Waals surface area contributed by atoms with Crippen LogP contribution in [0.15, 0.2) is 35.5 Å². The number of thiophene rings is 2. The third-order valence-electron chi connectivity index (χ3n) is 1.84. The fourth-order valence-electron chi connectivity index (χ4n) is 1.18. The van der Waals surface area contributed by atoms with Gasteiger partial charge in [0.25, 0.3) is 0 Å². The zero-order chi connectivity index (χ0) is 10.7. The van der Waals surface area contributed by atoms with Crippen LogP contribution in [0.5, 0.6) is 0 Å². The molecule has 0 saturated carbocycles. The quantitative estimate of drug-likeness (QED) is 0.865. The molecule has 4 heteroatoms. The van der Waals surface area contributed by atoms with E-state index in [-0.39, 0.29) is 0 Å². The van der Waals surface area contributed by atoms with E-state index in [9.17, 15) is 4.39 Å². The maximum atomic E-state index is 12.8. The first-order chi connectivity index (χ1) is 7.29. The summed E-state index contributed by atoms with van der Waals surface area (Å²) in [6, 6.07) is 7.85. The highest BCUT2D eigenvalue weighted by atomic mass is 32.1. The predicted octanol–water partition coefficient (Wildman–Crippen LogP) is 3.78. The van der Waals surface area contributed by atoms with Crippen molar-refractivity contribution in [3.8, 4) is 9.75 Å². The number of hydrogen-bond donors (Lipinski definition) is 1. The Bertz CT molecular complexity index is 457. The standard InChI is InChI=1S/C11H9FOS2/c12-8(7-13)6-9-3-4-11(15-9)10-2-1-5-14-10/h1-6,13H,7H2/b8-6-. The van der Waals surface area contributed by atoms with E-state index in [0.717, 1.165) is 9.75 Å². The number of aliphatic hydroxyl groups excluding tert-OH is 1. The van der Waals surface area contributed by atoms with Gasteiger partial charge in [-0.25, -0.2) is 4.39 Å². The second-order valence-electron chi connectivity index (χ2n) is 2.93. The predicted molar refractivity (Wildman–Crippen MR) is 63.8 cm³/mol. The summed E-state index contributed by atoms with van der Waals surface area (Å²) in [4.78, 5) is 3.14. The molecule has 0 saturated heterocycles. The highest BCUT2D eigenvalue weighted by molar-refractivity contribution is 7.21. The third-order valence-corrected chi connectivity index (χ3v) is 3.94. The molecule has 1 N–H and O–H groups in total. The highest BCUT2D eigenvalue weighted by Gasteiger charge is 2.02. The van der Waals surface area contributed by atoms with E-state index >= 15 is 0 Å². The van der Waals surface area contributed by atoms with Crippen molar-refractivity contribution in [3.63, 3.8) is 0 Å². The first-order valence-electron chi connectivity index (χ1n) is 4.40. The number of rotatable bonds is 3. The topological polar surface area (TPSA) is 20.2 Å². The van der Waals surface area contributed by atoms with E-state index in [1.54, 1.807) is 11.3 Å². The summed E-state index contributed by atoms with van der Waals surface area (Å²) >= 11 is 3.18. The second-order valence-corrected chi connectivity index (χ2v) is 4.99. The number of halogens is 1. The van der Waals surface area contributed by atoms with Crippen LogP contribution in [0.3, 0.4) is 0 Å². The molecule has 0 aromatic carbocycles. The monoisotopic (exact) mass is 240 g/mol. The van der Waals surface area contributed by atoms with E-state index in [1.165, 1.54) is 22.3 Å². The van der Waals surface area contributed by atoms with Gasteiger partial charge >= 0.3 is 0 Å². The second kappa shape index (κ2) is 4.70. The van der Waals surface area contributed by atoms with Crippen LogP contribution < -0.4 is 0 Å². The zero-order valence-electron chi connectivity index (χ0n) is 7.81. The van der Waals surface area contributed by atoms with Crippen LogP contribution in [0.25, 0.3) is 15.8 Å². The van der Waals surface area contributed by atoms with E-state index in [4.69, 9.17) is 5.11 Å². The minimum absolute atomic E-state index is 0.505. The van der Waals surface area contributed by atoms with E-state index < -0.39 is 12.4 Å². The van der Waals surface area contributed by atoms with Gasteiger partial charge in [-0.3, -0.25) is 0 Å². The Labute approximate surface area is 95.1 Å². The highest BCUT2D eigenvalue weighted by Crippen LogP contribution is 2.32. The van der Waals surface area contributed by atoms with E-state index in [1.807, 2.05) is 29.6 Å². The molecule has 0 aliphatic heterocycles. The Morgan fingerprint density at radius 2 is 2.20 bits per heavy atom. The molecule has 15 heavy (non-hydrogen) atoms. The lowest BCUT2D eigenvalue weighted by Gasteiger charge is -1.89. The van der Waals surface area contributed by atoms with Gasteiger partial charge in [-0.05, 0) is 29.7 Å². The Morgan fingerprint density at radius 1 is 1.33 bits per heavy atom. The molecule has 0 spiro atoms. The summed E-state index contributed by atoms with van der Waals surface area (Å²) < 4.78 is 12.8. The smallest absolute Gasteiger partial charge is 0.127 e. The van der Waals surface area contributed by atoms with Crippen LogP contribution in [0, 0.1) is 0 Å². The van der Waals surface area contributed by atoms with Crippen molar-refractivity contribution in [2.45, 2.75) is 0 Å². The summed E-state index contributed by atoms with van der Waals surface area (Å²) in [6.07, 6.45) is 1.36. The largest absolute Gasteiger partial charge is 0.389 e. The average Bonchev–Trinajstić information content (AvgIpc) is 2.85. The van der Waals surface area contributed by atoms with Crippen molar-refractivity contribution in [3.05, 3.63) is 40.3 Å². The van der Waals surface area contributed by atoms with Gasteiger partial charge in [-0.2, -0.15) is 0 Å².